The molecule has 2 aliphatic rings. The Hall–Kier alpha value is -3.40. The average Bonchev–Trinajstić information content (AvgIpc) is 3.13. The summed E-state index contributed by atoms with van der Waals surface area (Å²) in [7, 11) is 0. The van der Waals surface area contributed by atoms with Gasteiger partial charge in [0.15, 0.2) is 0 Å². The molecule has 0 saturated carbocycles. The van der Waals surface area contributed by atoms with Crippen LogP contribution in [0.25, 0.3) is 33.6 Å². The van der Waals surface area contributed by atoms with E-state index < -0.39 is 0 Å². The number of rotatable bonds is 3. The Labute approximate surface area is 189 Å². The SMILES string of the molecule is O=C(c1ccccc1)n1nc(-c2ccccc2)c2c(Cl)cc(Cl)c-2c1-c1ccccc1. The van der Waals surface area contributed by atoms with Crippen LogP contribution in [0, 0.1) is 0 Å². The van der Waals surface area contributed by atoms with Crippen LogP contribution in [0.1, 0.15) is 10.4 Å². The zero-order valence-electron chi connectivity index (χ0n) is 16.3. The Bertz CT molecular complexity index is 1350. The van der Waals surface area contributed by atoms with Crippen LogP contribution in [0.15, 0.2) is 97.1 Å². The van der Waals surface area contributed by atoms with E-state index in [0.29, 0.717) is 32.6 Å². The summed E-state index contributed by atoms with van der Waals surface area (Å²) in [5.41, 5.74) is 4.87. The molecule has 0 atom stereocenters. The third-order valence-corrected chi connectivity index (χ3v) is 5.77. The van der Waals surface area contributed by atoms with Crippen LogP contribution < -0.4 is 0 Å². The Morgan fingerprint density at radius 3 is 1.81 bits per heavy atom. The maximum absolute atomic E-state index is 13.6. The summed E-state index contributed by atoms with van der Waals surface area (Å²) in [6.07, 6.45) is 0. The van der Waals surface area contributed by atoms with Crippen molar-refractivity contribution in [2.24, 2.45) is 0 Å². The van der Waals surface area contributed by atoms with Crippen molar-refractivity contribution in [1.82, 2.24) is 9.78 Å². The Morgan fingerprint density at radius 2 is 1.19 bits per heavy atom. The summed E-state index contributed by atoms with van der Waals surface area (Å²) in [5, 5.41) is 5.80. The van der Waals surface area contributed by atoms with E-state index >= 15 is 0 Å². The maximum atomic E-state index is 13.6. The smallest absolute Gasteiger partial charge is 0.267 e. The van der Waals surface area contributed by atoms with Crippen molar-refractivity contribution in [2.45, 2.75) is 0 Å². The second kappa shape index (κ2) is 8.03. The van der Waals surface area contributed by atoms with Crippen LogP contribution in [0.2, 0.25) is 10.0 Å². The minimum Gasteiger partial charge on any atom is -0.267 e. The fourth-order valence-corrected chi connectivity index (χ4v) is 4.42. The van der Waals surface area contributed by atoms with Crippen molar-refractivity contribution in [1.29, 1.82) is 0 Å². The molecule has 0 aromatic heterocycles. The summed E-state index contributed by atoms with van der Waals surface area (Å²) in [4.78, 5) is 13.6. The van der Waals surface area contributed by atoms with Crippen molar-refractivity contribution >= 4 is 29.1 Å². The Balaban J connectivity index is 1.90. The maximum Gasteiger partial charge on any atom is 0.278 e. The third kappa shape index (κ3) is 3.42. The molecule has 3 aromatic rings. The summed E-state index contributed by atoms with van der Waals surface area (Å²) < 4.78 is 1.44. The van der Waals surface area contributed by atoms with Gasteiger partial charge in [-0.25, -0.2) is 0 Å². The van der Waals surface area contributed by atoms with Gasteiger partial charge in [0.2, 0.25) is 0 Å². The van der Waals surface area contributed by atoms with Crippen LogP contribution in [-0.4, -0.2) is 15.7 Å². The number of fused-ring (bicyclic) bond motifs is 1. The minimum atomic E-state index is -0.244. The number of halogens is 2. The van der Waals surface area contributed by atoms with Gasteiger partial charge in [0.05, 0.1) is 15.7 Å². The van der Waals surface area contributed by atoms with E-state index in [1.807, 2.05) is 78.9 Å². The van der Waals surface area contributed by atoms with E-state index in [1.54, 1.807) is 18.2 Å². The van der Waals surface area contributed by atoms with Gasteiger partial charge in [0.25, 0.3) is 5.91 Å². The summed E-state index contributed by atoms with van der Waals surface area (Å²) >= 11 is 13.3. The summed E-state index contributed by atoms with van der Waals surface area (Å²) in [6, 6.07) is 30.1. The molecule has 0 spiro atoms. The highest BCUT2D eigenvalue weighted by molar-refractivity contribution is 6.41. The average molecular weight is 443 g/mol. The highest BCUT2D eigenvalue weighted by Gasteiger charge is 2.29. The first-order chi connectivity index (χ1) is 15.1. The molecule has 0 N–H and O–H groups in total. The molecule has 0 unspecified atom stereocenters. The van der Waals surface area contributed by atoms with Crippen molar-refractivity contribution < 1.29 is 4.79 Å². The van der Waals surface area contributed by atoms with E-state index in [9.17, 15) is 4.79 Å². The zero-order chi connectivity index (χ0) is 21.4. The molecule has 1 aliphatic heterocycles. The number of nitrogens with zero attached hydrogens (tertiary/aromatic N) is 2. The molecular formula is C26H16Cl2N2O. The van der Waals surface area contributed by atoms with Gasteiger partial charge in [-0.3, -0.25) is 4.79 Å². The molecule has 5 rings (SSSR count). The highest BCUT2D eigenvalue weighted by Crippen LogP contribution is 2.48. The van der Waals surface area contributed by atoms with Crippen LogP contribution in [0.4, 0.5) is 0 Å². The molecule has 0 amide bonds. The van der Waals surface area contributed by atoms with Gasteiger partial charge in [0.1, 0.15) is 5.69 Å². The fourth-order valence-electron chi connectivity index (χ4n) is 3.77. The van der Waals surface area contributed by atoms with Crippen molar-refractivity contribution in [2.75, 3.05) is 0 Å². The first-order valence-electron chi connectivity index (χ1n) is 9.76. The number of carbonyl (C=O) groups is 1. The third-order valence-electron chi connectivity index (χ3n) is 5.17. The van der Waals surface area contributed by atoms with E-state index in [4.69, 9.17) is 28.3 Å². The van der Waals surface area contributed by atoms with Crippen molar-refractivity contribution in [3.63, 3.8) is 0 Å². The quantitative estimate of drug-likeness (QED) is 0.293. The second-order valence-corrected chi connectivity index (χ2v) is 7.92. The largest absolute Gasteiger partial charge is 0.278 e. The molecule has 1 aliphatic carbocycles. The topological polar surface area (TPSA) is 34.9 Å². The number of carbonyl (C=O) groups excluding carboxylic acids is 1. The lowest BCUT2D eigenvalue weighted by Crippen LogP contribution is -2.20. The number of hydrogen-bond acceptors (Lipinski definition) is 2. The Morgan fingerprint density at radius 1 is 0.677 bits per heavy atom. The minimum absolute atomic E-state index is 0.244. The monoisotopic (exact) mass is 442 g/mol. The summed E-state index contributed by atoms with van der Waals surface area (Å²) in [6.45, 7) is 0. The standard InChI is InChI=1S/C26H16Cl2N2O/c27-20-16-21(28)23-22(20)24(17-10-4-1-5-11-17)29-30(25(23)18-12-6-2-7-13-18)26(31)19-14-8-3-9-15-19/h1-16H. The molecule has 1 heterocycles. The molecule has 0 fully saturated rings. The van der Waals surface area contributed by atoms with Gasteiger partial charge in [0, 0.05) is 27.8 Å². The number of aromatic nitrogens is 2. The molecule has 0 saturated heterocycles. The number of hydrogen-bond donors (Lipinski definition) is 0. The van der Waals surface area contributed by atoms with Crippen LogP contribution in [-0.2, 0) is 0 Å². The predicted molar refractivity (Wildman–Crippen MR) is 126 cm³/mol. The highest BCUT2D eigenvalue weighted by atomic mass is 35.5. The molecular weight excluding hydrogens is 427 g/mol. The van der Waals surface area contributed by atoms with Crippen molar-refractivity contribution in [3.8, 4) is 33.6 Å². The van der Waals surface area contributed by atoms with Gasteiger partial charge < -0.3 is 0 Å². The molecule has 3 aromatic carbocycles. The molecule has 150 valence electrons. The Kier molecular flexibility index (Phi) is 5.06. The van der Waals surface area contributed by atoms with E-state index in [1.165, 1.54) is 4.68 Å². The lowest BCUT2D eigenvalue weighted by Gasteiger charge is -2.20. The zero-order valence-corrected chi connectivity index (χ0v) is 17.8. The second-order valence-electron chi connectivity index (χ2n) is 7.10. The van der Waals surface area contributed by atoms with E-state index in [0.717, 1.165) is 16.7 Å². The first kappa shape index (κ1) is 19.6. The van der Waals surface area contributed by atoms with Gasteiger partial charge in [-0.15, -0.1) is 0 Å². The molecule has 31 heavy (non-hydrogen) atoms. The first-order valence-corrected chi connectivity index (χ1v) is 10.5. The van der Waals surface area contributed by atoms with Gasteiger partial charge in [-0.1, -0.05) is 102 Å². The van der Waals surface area contributed by atoms with Crippen LogP contribution in [0.3, 0.4) is 0 Å². The normalized spacial score (nSPS) is 11.0. The lowest BCUT2D eigenvalue weighted by atomic mass is 9.97. The molecule has 5 heteroatoms. The molecule has 0 bridgehead atoms. The van der Waals surface area contributed by atoms with Crippen LogP contribution in [0.5, 0.6) is 0 Å². The van der Waals surface area contributed by atoms with E-state index in [2.05, 4.69) is 0 Å². The molecule has 3 nitrogen and oxygen atoms in total. The lowest BCUT2D eigenvalue weighted by molar-refractivity contribution is 0.0946. The van der Waals surface area contributed by atoms with Crippen molar-refractivity contribution in [3.05, 3.63) is 113 Å². The van der Waals surface area contributed by atoms with Gasteiger partial charge >= 0.3 is 0 Å². The van der Waals surface area contributed by atoms with Crippen LogP contribution >= 0.6 is 23.2 Å². The fraction of sp³-hybridized carbons (Fsp3) is 0. The van der Waals surface area contributed by atoms with Gasteiger partial charge in [-0.2, -0.15) is 9.78 Å². The predicted octanol–water partition coefficient (Wildman–Crippen LogP) is 7.32. The summed E-state index contributed by atoms with van der Waals surface area (Å²) in [5.74, 6) is -0.244. The molecule has 0 radical (unpaired) electrons. The van der Waals surface area contributed by atoms with Gasteiger partial charge in [-0.05, 0) is 18.2 Å². The number of benzene rings is 3. The van der Waals surface area contributed by atoms with E-state index in [-0.39, 0.29) is 5.91 Å².